The fraction of sp³-hybridized carbons (Fsp3) is 0.308. The van der Waals surface area contributed by atoms with E-state index in [1.54, 1.807) is 19.4 Å². The van der Waals surface area contributed by atoms with Gasteiger partial charge in [0, 0.05) is 6.42 Å². The molecule has 170 valence electrons. The molecule has 0 unspecified atom stereocenters. The van der Waals surface area contributed by atoms with Gasteiger partial charge in [0.05, 0.1) is 25.2 Å². The van der Waals surface area contributed by atoms with Crippen LogP contribution in [0.5, 0.6) is 11.5 Å². The maximum absolute atomic E-state index is 13.2. The predicted octanol–water partition coefficient (Wildman–Crippen LogP) is 4.41. The molecule has 0 radical (unpaired) electrons. The van der Waals surface area contributed by atoms with Crippen molar-refractivity contribution in [3.05, 3.63) is 83.3 Å². The van der Waals surface area contributed by atoms with Gasteiger partial charge in [0.2, 0.25) is 0 Å². The minimum absolute atomic E-state index is 0.150. The van der Waals surface area contributed by atoms with Gasteiger partial charge < -0.3 is 19.0 Å². The van der Waals surface area contributed by atoms with Crippen LogP contribution < -0.4 is 9.47 Å². The highest BCUT2D eigenvalue weighted by Gasteiger charge is 2.35. The maximum atomic E-state index is 13.2. The van der Waals surface area contributed by atoms with Gasteiger partial charge in [-0.25, -0.2) is 5.01 Å². The lowest BCUT2D eigenvalue weighted by Crippen LogP contribution is -2.31. The van der Waals surface area contributed by atoms with Crippen molar-refractivity contribution in [2.45, 2.75) is 37.8 Å². The molecule has 0 saturated heterocycles. The van der Waals surface area contributed by atoms with Gasteiger partial charge in [-0.3, -0.25) is 4.79 Å². The van der Waals surface area contributed by atoms with E-state index in [4.69, 9.17) is 13.9 Å². The first-order valence-corrected chi connectivity index (χ1v) is 11.1. The van der Waals surface area contributed by atoms with Crippen LogP contribution in [0, 0.1) is 0 Å². The molecule has 0 saturated carbocycles. The Kier molecular flexibility index (Phi) is 5.88. The van der Waals surface area contributed by atoms with Crippen molar-refractivity contribution in [3.8, 4) is 11.5 Å². The number of furan rings is 1. The van der Waals surface area contributed by atoms with E-state index in [9.17, 15) is 9.90 Å². The first-order chi connectivity index (χ1) is 16.1. The fourth-order valence-electron chi connectivity index (χ4n) is 4.53. The summed E-state index contributed by atoms with van der Waals surface area (Å²) in [6.45, 7) is -0.150. The summed E-state index contributed by atoms with van der Waals surface area (Å²) in [4.78, 5) is 13.2. The molecule has 7 heteroatoms. The standard InChI is InChI=1S/C26H26N2O5/c1-31-18-12-10-17(11-13-18)21-15-22(25-9-4-14-32-25)28(27-21)26(30)16-33-24-8-3-5-19-20(24)6-2-7-23(19)29/h3-5,8-14,22-23,29H,2,6-7,15-16H2,1H3/t22-,23+/m1/s1. The molecule has 1 amide bonds. The highest BCUT2D eigenvalue weighted by molar-refractivity contribution is 6.03. The molecule has 2 heterocycles. The van der Waals surface area contributed by atoms with Crippen molar-refractivity contribution in [2.75, 3.05) is 13.7 Å². The molecule has 1 aliphatic carbocycles. The van der Waals surface area contributed by atoms with Gasteiger partial charge in [-0.15, -0.1) is 0 Å². The van der Waals surface area contributed by atoms with Crippen LogP contribution in [-0.2, 0) is 11.2 Å². The molecule has 33 heavy (non-hydrogen) atoms. The summed E-state index contributed by atoms with van der Waals surface area (Å²) >= 11 is 0. The molecule has 1 aromatic heterocycles. The number of ether oxygens (including phenoxy) is 2. The lowest BCUT2D eigenvalue weighted by atomic mass is 9.89. The Morgan fingerprint density at radius 2 is 2.03 bits per heavy atom. The number of nitrogens with zero attached hydrogens (tertiary/aromatic N) is 2. The van der Waals surface area contributed by atoms with Crippen LogP contribution in [0.1, 0.15) is 53.9 Å². The topological polar surface area (TPSA) is 84.5 Å². The van der Waals surface area contributed by atoms with E-state index in [1.807, 2.05) is 48.5 Å². The van der Waals surface area contributed by atoms with Crippen LogP contribution in [0.2, 0.25) is 0 Å². The summed E-state index contributed by atoms with van der Waals surface area (Å²) in [5.74, 6) is 1.83. The monoisotopic (exact) mass is 446 g/mol. The number of hydrogen-bond acceptors (Lipinski definition) is 6. The average Bonchev–Trinajstić information content (AvgIpc) is 3.53. The second-order valence-electron chi connectivity index (χ2n) is 8.27. The van der Waals surface area contributed by atoms with Gasteiger partial charge in [-0.05, 0) is 78.4 Å². The summed E-state index contributed by atoms with van der Waals surface area (Å²) in [6.07, 6.45) is 4.13. The number of aliphatic hydroxyl groups is 1. The van der Waals surface area contributed by atoms with Gasteiger partial charge in [0.25, 0.3) is 5.91 Å². The number of carbonyl (C=O) groups excluding carboxylic acids is 1. The van der Waals surface area contributed by atoms with Gasteiger partial charge >= 0.3 is 0 Å². The zero-order chi connectivity index (χ0) is 22.8. The smallest absolute Gasteiger partial charge is 0.281 e. The normalized spacial score (nSPS) is 19.7. The third-order valence-corrected chi connectivity index (χ3v) is 6.24. The van der Waals surface area contributed by atoms with Gasteiger partial charge in [-0.2, -0.15) is 5.10 Å². The Morgan fingerprint density at radius 1 is 1.18 bits per heavy atom. The second kappa shape index (κ2) is 9.11. The molecule has 1 aliphatic heterocycles. The Morgan fingerprint density at radius 3 is 2.79 bits per heavy atom. The summed E-state index contributed by atoms with van der Waals surface area (Å²) in [5, 5.41) is 16.4. The number of hydrazone groups is 1. The molecule has 0 fully saturated rings. The summed E-state index contributed by atoms with van der Waals surface area (Å²) in [6, 6.07) is 16.6. The van der Waals surface area contributed by atoms with Crippen LogP contribution in [0.25, 0.3) is 0 Å². The van der Waals surface area contributed by atoms with Gasteiger partial charge in [-0.1, -0.05) is 12.1 Å². The third-order valence-electron chi connectivity index (χ3n) is 6.24. The van der Waals surface area contributed by atoms with E-state index in [0.717, 1.165) is 47.4 Å². The van der Waals surface area contributed by atoms with E-state index in [0.29, 0.717) is 17.9 Å². The van der Waals surface area contributed by atoms with Gasteiger partial charge in [0.1, 0.15) is 23.3 Å². The maximum Gasteiger partial charge on any atom is 0.281 e. The Bertz CT molecular complexity index is 1150. The SMILES string of the molecule is COc1ccc(C2=NN(C(=O)COc3cccc4c3CCC[C@@H]4O)[C@@H](c3ccco3)C2)cc1. The Balaban J connectivity index is 1.36. The van der Waals surface area contributed by atoms with Crippen LogP contribution in [-0.4, -0.2) is 35.5 Å². The van der Waals surface area contributed by atoms with Crippen molar-refractivity contribution in [1.82, 2.24) is 5.01 Å². The molecule has 3 aromatic rings. The highest BCUT2D eigenvalue weighted by Crippen LogP contribution is 2.36. The lowest BCUT2D eigenvalue weighted by molar-refractivity contribution is -0.135. The highest BCUT2D eigenvalue weighted by atomic mass is 16.5. The molecule has 2 aromatic carbocycles. The van der Waals surface area contributed by atoms with Crippen molar-refractivity contribution in [1.29, 1.82) is 0 Å². The third kappa shape index (κ3) is 4.24. The molecule has 7 nitrogen and oxygen atoms in total. The minimum atomic E-state index is -0.480. The van der Waals surface area contributed by atoms with Crippen LogP contribution in [0.4, 0.5) is 0 Å². The number of amides is 1. The van der Waals surface area contributed by atoms with E-state index in [-0.39, 0.29) is 18.6 Å². The second-order valence-corrected chi connectivity index (χ2v) is 8.27. The molecule has 0 bridgehead atoms. The number of hydrogen-bond donors (Lipinski definition) is 1. The van der Waals surface area contributed by atoms with E-state index in [1.165, 1.54) is 5.01 Å². The molecule has 2 aliphatic rings. The Labute approximate surface area is 192 Å². The molecule has 0 spiro atoms. The summed E-state index contributed by atoms with van der Waals surface area (Å²) < 4.78 is 16.8. The number of aliphatic hydroxyl groups excluding tert-OH is 1. The van der Waals surface area contributed by atoms with Crippen molar-refractivity contribution in [2.24, 2.45) is 5.10 Å². The first-order valence-electron chi connectivity index (χ1n) is 11.1. The van der Waals surface area contributed by atoms with Gasteiger partial charge in [0.15, 0.2) is 6.61 Å². The molecule has 5 rings (SSSR count). The molecular formula is C26H26N2O5. The molecule has 1 N–H and O–H groups in total. The zero-order valence-electron chi connectivity index (χ0n) is 18.4. The number of benzene rings is 2. The van der Waals surface area contributed by atoms with E-state index >= 15 is 0 Å². The first kappa shape index (κ1) is 21.3. The van der Waals surface area contributed by atoms with Crippen molar-refractivity contribution in [3.63, 3.8) is 0 Å². The number of rotatable bonds is 6. The molecule has 2 atom stereocenters. The van der Waals surface area contributed by atoms with E-state index < -0.39 is 6.10 Å². The lowest BCUT2D eigenvalue weighted by Gasteiger charge is -2.24. The van der Waals surface area contributed by atoms with Crippen LogP contribution >= 0.6 is 0 Å². The van der Waals surface area contributed by atoms with Crippen LogP contribution in [0.3, 0.4) is 0 Å². The minimum Gasteiger partial charge on any atom is -0.497 e. The fourth-order valence-corrected chi connectivity index (χ4v) is 4.53. The number of methoxy groups -OCH3 is 1. The largest absolute Gasteiger partial charge is 0.497 e. The number of fused-ring (bicyclic) bond motifs is 1. The van der Waals surface area contributed by atoms with E-state index in [2.05, 4.69) is 5.10 Å². The predicted molar refractivity (Wildman–Crippen MR) is 122 cm³/mol. The zero-order valence-corrected chi connectivity index (χ0v) is 18.4. The summed E-state index contributed by atoms with van der Waals surface area (Å²) in [7, 11) is 1.63. The Hall–Kier alpha value is -3.58. The number of carbonyl (C=O) groups is 1. The van der Waals surface area contributed by atoms with Crippen molar-refractivity contribution < 1.29 is 23.8 Å². The molecular weight excluding hydrogens is 420 g/mol. The quantitative estimate of drug-likeness (QED) is 0.606. The van der Waals surface area contributed by atoms with Crippen LogP contribution in [0.15, 0.2) is 70.4 Å². The average molecular weight is 447 g/mol. The summed E-state index contributed by atoms with van der Waals surface area (Å²) in [5.41, 5.74) is 3.60. The van der Waals surface area contributed by atoms with Crippen molar-refractivity contribution >= 4 is 11.6 Å².